The van der Waals surface area contributed by atoms with Gasteiger partial charge in [0, 0.05) is 28.2 Å². The van der Waals surface area contributed by atoms with Crippen molar-refractivity contribution in [2.45, 2.75) is 43.0 Å². The van der Waals surface area contributed by atoms with Crippen LogP contribution in [0.1, 0.15) is 49.3 Å². The Balaban J connectivity index is 1.85. The molecule has 0 radical (unpaired) electrons. The Morgan fingerprint density at radius 2 is 1.83 bits per heavy atom. The summed E-state index contributed by atoms with van der Waals surface area (Å²) in [6, 6.07) is 13.2. The van der Waals surface area contributed by atoms with E-state index in [0.717, 1.165) is 40.5 Å². The van der Waals surface area contributed by atoms with E-state index in [0.29, 0.717) is 17.0 Å². The van der Waals surface area contributed by atoms with Gasteiger partial charge in [-0.2, -0.15) is 0 Å². The summed E-state index contributed by atoms with van der Waals surface area (Å²) < 4.78 is 28.8. The van der Waals surface area contributed by atoms with Gasteiger partial charge in [-0.25, -0.2) is 8.42 Å². The molecular formula is C21H26IN2O4S+. The zero-order valence-electron chi connectivity index (χ0n) is 16.3. The lowest BCUT2D eigenvalue weighted by atomic mass is 9.96. The summed E-state index contributed by atoms with van der Waals surface area (Å²) in [7, 11) is -2.01. The van der Waals surface area contributed by atoms with Crippen LogP contribution in [-0.4, -0.2) is 33.1 Å². The number of halogens is 1. The minimum atomic E-state index is -3.62. The molecule has 0 bridgehead atoms. The third-order valence-electron chi connectivity index (χ3n) is 5.31. The molecule has 0 spiro atoms. The van der Waals surface area contributed by atoms with Crippen LogP contribution in [-0.2, 0) is 14.8 Å². The maximum atomic E-state index is 13.2. The molecule has 8 heteroatoms. The smallest absolute Gasteiger partial charge is 0.303 e. The average molecular weight is 529 g/mol. The lowest BCUT2D eigenvalue weighted by Crippen LogP contribution is -2.85. The summed E-state index contributed by atoms with van der Waals surface area (Å²) in [5.74, 6) is -0.747. The Morgan fingerprint density at radius 1 is 1.10 bits per heavy atom. The number of anilines is 1. The number of quaternary nitrogens is 1. The number of nitrogens with two attached hydrogens (primary N) is 1. The standard InChI is InChI=1S/C21H25IN2O4S/c1-24-18-9-6-5-8-16(18)21(23-13-7-3-2-4-10-20(25)26)17-12-11-15(22)14-19(17)29(24,27)28/h5-6,8-9,11-12,14,21,23H,2-4,7,10,13H2,1H3,(H,25,26)/p+1. The maximum absolute atomic E-state index is 13.2. The van der Waals surface area contributed by atoms with Crippen molar-refractivity contribution in [3.05, 3.63) is 57.2 Å². The molecule has 0 aromatic heterocycles. The van der Waals surface area contributed by atoms with E-state index in [2.05, 4.69) is 27.9 Å². The number of sulfonamides is 1. The summed E-state index contributed by atoms with van der Waals surface area (Å²) >= 11 is 2.15. The fourth-order valence-electron chi connectivity index (χ4n) is 3.78. The van der Waals surface area contributed by atoms with Crippen LogP contribution >= 0.6 is 22.6 Å². The Labute approximate surface area is 185 Å². The van der Waals surface area contributed by atoms with Gasteiger partial charge in [-0.15, -0.1) is 0 Å². The third kappa shape index (κ3) is 4.92. The van der Waals surface area contributed by atoms with Crippen LogP contribution in [0.25, 0.3) is 0 Å². The highest BCUT2D eigenvalue weighted by atomic mass is 127. The fraction of sp³-hybridized carbons (Fsp3) is 0.381. The van der Waals surface area contributed by atoms with E-state index in [9.17, 15) is 13.2 Å². The number of nitrogens with zero attached hydrogens (tertiary/aromatic N) is 1. The first-order valence-corrected chi connectivity index (χ1v) is 12.3. The van der Waals surface area contributed by atoms with Crippen LogP contribution in [0, 0.1) is 3.57 Å². The van der Waals surface area contributed by atoms with Crippen LogP contribution in [0.5, 0.6) is 0 Å². The number of rotatable bonds is 8. The molecular weight excluding hydrogens is 503 g/mol. The van der Waals surface area contributed by atoms with Crippen molar-refractivity contribution in [1.29, 1.82) is 0 Å². The first kappa shape index (κ1) is 22.0. The SMILES string of the molecule is CN1c2ccccc2C([NH2+]CCCCCCC(=O)O)c2ccc(I)cc2S1(=O)=O. The summed E-state index contributed by atoms with van der Waals surface area (Å²) in [4.78, 5) is 11.0. The van der Waals surface area contributed by atoms with Gasteiger partial charge in [-0.1, -0.05) is 30.7 Å². The van der Waals surface area contributed by atoms with E-state index in [4.69, 9.17) is 5.11 Å². The number of carbonyl (C=O) groups is 1. The molecule has 1 aliphatic rings. The number of carboxylic acids is 1. The average Bonchev–Trinajstić information content (AvgIpc) is 2.75. The first-order chi connectivity index (χ1) is 13.8. The predicted molar refractivity (Wildman–Crippen MR) is 121 cm³/mol. The Morgan fingerprint density at radius 3 is 2.59 bits per heavy atom. The van der Waals surface area contributed by atoms with E-state index in [1.165, 1.54) is 4.31 Å². The summed E-state index contributed by atoms with van der Waals surface area (Å²) in [6.07, 6.45) is 3.74. The largest absolute Gasteiger partial charge is 0.481 e. The van der Waals surface area contributed by atoms with Crippen LogP contribution in [0.2, 0.25) is 0 Å². The second-order valence-electron chi connectivity index (χ2n) is 7.27. The highest BCUT2D eigenvalue weighted by Crippen LogP contribution is 2.38. The molecule has 1 unspecified atom stereocenters. The van der Waals surface area contributed by atoms with Crippen molar-refractivity contribution in [1.82, 2.24) is 0 Å². The second kappa shape index (κ2) is 9.44. The first-order valence-electron chi connectivity index (χ1n) is 9.75. The van der Waals surface area contributed by atoms with E-state index < -0.39 is 16.0 Å². The minimum Gasteiger partial charge on any atom is -0.481 e. The molecule has 6 nitrogen and oxygen atoms in total. The van der Waals surface area contributed by atoms with Gasteiger partial charge in [-0.3, -0.25) is 9.10 Å². The minimum absolute atomic E-state index is 0.100. The molecule has 0 aliphatic carbocycles. The van der Waals surface area contributed by atoms with Crippen molar-refractivity contribution < 1.29 is 23.6 Å². The lowest BCUT2D eigenvalue weighted by molar-refractivity contribution is -0.687. The number of benzene rings is 2. The van der Waals surface area contributed by atoms with Crippen LogP contribution in [0.4, 0.5) is 5.69 Å². The van der Waals surface area contributed by atoms with Crippen LogP contribution < -0.4 is 9.62 Å². The van der Waals surface area contributed by atoms with Gasteiger partial charge in [-0.05, 0) is 60.1 Å². The predicted octanol–water partition coefficient (Wildman–Crippen LogP) is 3.12. The topological polar surface area (TPSA) is 91.3 Å². The molecule has 0 amide bonds. The van der Waals surface area contributed by atoms with Crippen LogP contribution in [0.15, 0.2) is 47.4 Å². The quantitative estimate of drug-likeness (QED) is 0.406. The Kier molecular flexibility index (Phi) is 7.18. The van der Waals surface area contributed by atoms with Crippen LogP contribution in [0.3, 0.4) is 0 Å². The van der Waals surface area contributed by atoms with Gasteiger partial charge in [0.05, 0.1) is 17.1 Å². The number of unbranched alkanes of at least 4 members (excludes halogenated alkanes) is 3. The summed E-state index contributed by atoms with van der Waals surface area (Å²) in [5, 5.41) is 10.9. The highest BCUT2D eigenvalue weighted by molar-refractivity contribution is 14.1. The molecule has 3 N–H and O–H groups in total. The normalized spacial score (nSPS) is 17.3. The number of aliphatic carboxylic acids is 1. The van der Waals surface area contributed by atoms with Gasteiger partial charge in [0.1, 0.15) is 6.04 Å². The van der Waals surface area contributed by atoms with E-state index in [1.807, 2.05) is 36.4 Å². The molecule has 156 valence electrons. The Hall–Kier alpha value is -1.65. The van der Waals surface area contributed by atoms with Crippen molar-refractivity contribution in [2.24, 2.45) is 0 Å². The molecule has 0 saturated carbocycles. The highest BCUT2D eigenvalue weighted by Gasteiger charge is 2.36. The number of fused-ring (bicyclic) bond motifs is 2. The molecule has 2 aromatic rings. The molecule has 2 aromatic carbocycles. The Bertz CT molecular complexity index is 994. The molecule has 0 fully saturated rings. The van der Waals surface area contributed by atoms with Gasteiger partial charge >= 0.3 is 5.97 Å². The van der Waals surface area contributed by atoms with Crippen molar-refractivity contribution in [3.63, 3.8) is 0 Å². The summed E-state index contributed by atoms with van der Waals surface area (Å²) in [5.41, 5.74) is 2.51. The lowest BCUT2D eigenvalue weighted by Gasteiger charge is -2.20. The zero-order chi connectivity index (χ0) is 21.0. The van der Waals surface area contributed by atoms with Crippen molar-refractivity contribution >= 4 is 44.3 Å². The molecule has 3 rings (SSSR count). The molecule has 1 aliphatic heterocycles. The number of carboxylic acid groups (broad SMARTS) is 1. The van der Waals surface area contributed by atoms with E-state index in [-0.39, 0.29) is 12.5 Å². The van der Waals surface area contributed by atoms with E-state index in [1.54, 1.807) is 13.1 Å². The number of para-hydroxylation sites is 1. The van der Waals surface area contributed by atoms with Gasteiger partial charge in [0.15, 0.2) is 0 Å². The van der Waals surface area contributed by atoms with Gasteiger partial charge < -0.3 is 10.4 Å². The molecule has 1 atom stereocenters. The van der Waals surface area contributed by atoms with Crippen molar-refractivity contribution in [3.8, 4) is 0 Å². The molecule has 29 heavy (non-hydrogen) atoms. The third-order valence-corrected chi connectivity index (χ3v) is 7.81. The van der Waals surface area contributed by atoms with E-state index >= 15 is 0 Å². The number of hydrogen-bond acceptors (Lipinski definition) is 3. The molecule has 1 heterocycles. The second-order valence-corrected chi connectivity index (χ2v) is 10.5. The fourth-order valence-corrected chi connectivity index (χ4v) is 5.97. The number of hydrogen-bond donors (Lipinski definition) is 2. The van der Waals surface area contributed by atoms with Crippen molar-refractivity contribution in [2.75, 3.05) is 17.9 Å². The van der Waals surface area contributed by atoms with Gasteiger partial charge in [0.2, 0.25) is 0 Å². The maximum Gasteiger partial charge on any atom is 0.303 e. The zero-order valence-corrected chi connectivity index (χ0v) is 19.3. The summed E-state index contributed by atoms with van der Waals surface area (Å²) in [6.45, 7) is 0.848. The van der Waals surface area contributed by atoms with Gasteiger partial charge in [0.25, 0.3) is 10.0 Å². The monoisotopic (exact) mass is 529 g/mol. The molecule has 0 saturated heterocycles.